The molecule has 1 aromatic rings. The lowest BCUT2D eigenvalue weighted by Crippen LogP contribution is -2.38. The standard InChI is InChI=1S/C14H16Br3NO/c15-8-9-2-1-3-11(6-9)18-14(19)12-7-10(16)4-5-13(12)17/h4-5,7,9,11H,1-3,6,8H2,(H,18,19). The van der Waals surface area contributed by atoms with Crippen LogP contribution in [0.2, 0.25) is 0 Å². The van der Waals surface area contributed by atoms with E-state index in [1.54, 1.807) is 0 Å². The van der Waals surface area contributed by atoms with Gasteiger partial charge in [0, 0.05) is 20.3 Å². The summed E-state index contributed by atoms with van der Waals surface area (Å²) in [6.45, 7) is 0. The van der Waals surface area contributed by atoms with Crippen LogP contribution in [0.15, 0.2) is 27.1 Å². The Hall–Kier alpha value is 0.130. The molecule has 1 fully saturated rings. The zero-order valence-corrected chi connectivity index (χ0v) is 15.2. The number of alkyl halides is 1. The molecule has 1 aromatic carbocycles. The average molecular weight is 454 g/mol. The van der Waals surface area contributed by atoms with Gasteiger partial charge in [0.25, 0.3) is 5.91 Å². The quantitative estimate of drug-likeness (QED) is 0.648. The zero-order chi connectivity index (χ0) is 13.8. The predicted octanol–water partition coefficient (Wildman–Crippen LogP) is 4.90. The minimum absolute atomic E-state index is 0.00778. The van der Waals surface area contributed by atoms with Crippen molar-refractivity contribution in [3.8, 4) is 0 Å². The molecule has 1 aliphatic carbocycles. The highest BCUT2D eigenvalue weighted by Gasteiger charge is 2.23. The number of amides is 1. The van der Waals surface area contributed by atoms with Gasteiger partial charge < -0.3 is 5.32 Å². The summed E-state index contributed by atoms with van der Waals surface area (Å²) >= 11 is 10.4. The molecule has 2 atom stereocenters. The molecule has 0 aliphatic heterocycles. The molecule has 1 aliphatic rings. The van der Waals surface area contributed by atoms with Crippen LogP contribution in [0.1, 0.15) is 36.0 Å². The summed E-state index contributed by atoms with van der Waals surface area (Å²) in [5.74, 6) is 0.693. The second-order valence-corrected chi connectivity index (χ2v) is 7.40. The highest BCUT2D eigenvalue weighted by Crippen LogP contribution is 2.27. The van der Waals surface area contributed by atoms with E-state index in [1.807, 2.05) is 18.2 Å². The minimum Gasteiger partial charge on any atom is -0.349 e. The summed E-state index contributed by atoms with van der Waals surface area (Å²) in [6.07, 6.45) is 4.61. The number of hydrogen-bond donors (Lipinski definition) is 1. The first-order valence-electron chi connectivity index (χ1n) is 6.42. The first kappa shape index (κ1) is 15.5. The van der Waals surface area contributed by atoms with E-state index in [9.17, 15) is 4.79 Å². The van der Waals surface area contributed by atoms with Crippen LogP contribution in [-0.4, -0.2) is 17.3 Å². The molecule has 0 aromatic heterocycles. The Bertz CT molecular complexity index is 464. The second kappa shape index (κ2) is 7.23. The van der Waals surface area contributed by atoms with Crippen LogP contribution in [0.4, 0.5) is 0 Å². The second-order valence-electron chi connectivity index (χ2n) is 4.98. The largest absolute Gasteiger partial charge is 0.349 e. The smallest absolute Gasteiger partial charge is 0.252 e. The first-order chi connectivity index (χ1) is 9.10. The highest BCUT2D eigenvalue weighted by molar-refractivity contribution is 9.11. The monoisotopic (exact) mass is 451 g/mol. The van der Waals surface area contributed by atoms with Crippen molar-refractivity contribution in [1.29, 1.82) is 0 Å². The lowest BCUT2D eigenvalue weighted by molar-refractivity contribution is 0.0921. The summed E-state index contributed by atoms with van der Waals surface area (Å²) in [5.41, 5.74) is 0.690. The van der Waals surface area contributed by atoms with Crippen LogP contribution < -0.4 is 5.32 Å². The van der Waals surface area contributed by atoms with Crippen LogP contribution in [0.25, 0.3) is 0 Å². The van der Waals surface area contributed by atoms with E-state index in [0.29, 0.717) is 17.5 Å². The highest BCUT2D eigenvalue weighted by atomic mass is 79.9. The van der Waals surface area contributed by atoms with Crippen LogP contribution in [0.3, 0.4) is 0 Å². The maximum atomic E-state index is 12.3. The Labute approximate surface area is 139 Å². The van der Waals surface area contributed by atoms with Crippen LogP contribution >= 0.6 is 47.8 Å². The number of carbonyl (C=O) groups excluding carboxylic acids is 1. The van der Waals surface area contributed by atoms with Crippen molar-refractivity contribution >= 4 is 53.7 Å². The Morgan fingerprint density at radius 2 is 2.11 bits per heavy atom. The third-order valence-electron chi connectivity index (χ3n) is 3.51. The predicted molar refractivity (Wildman–Crippen MR) is 88.8 cm³/mol. The lowest BCUT2D eigenvalue weighted by atomic mass is 9.87. The van der Waals surface area contributed by atoms with Crippen molar-refractivity contribution in [2.45, 2.75) is 31.7 Å². The number of nitrogens with one attached hydrogen (secondary N) is 1. The van der Waals surface area contributed by atoms with Crippen molar-refractivity contribution in [3.05, 3.63) is 32.7 Å². The zero-order valence-electron chi connectivity index (χ0n) is 10.5. The maximum absolute atomic E-state index is 12.3. The van der Waals surface area contributed by atoms with E-state index < -0.39 is 0 Å². The molecule has 0 saturated heterocycles. The van der Waals surface area contributed by atoms with E-state index in [1.165, 1.54) is 12.8 Å². The summed E-state index contributed by atoms with van der Waals surface area (Å²) < 4.78 is 1.75. The van der Waals surface area contributed by atoms with Gasteiger partial charge in [0.15, 0.2) is 0 Å². The van der Waals surface area contributed by atoms with E-state index in [0.717, 1.165) is 27.1 Å². The molecule has 19 heavy (non-hydrogen) atoms. The summed E-state index contributed by atoms with van der Waals surface area (Å²) in [5, 5.41) is 4.18. The molecular weight excluding hydrogens is 438 g/mol. The number of rotatable bonds is 3. The molecule has 0 bridgehead atoms. The van der Waals surface area contributed by atoms with Gasteiger partial charge in [0.05, 0.1) is 5.56 Å². The molecule has 2 unspecified atom stereocenters. The fourth-order valence-corrected chi connectivity index (χ4v) is 3.87. The number of halogens is 3. The average Bonchev–Trinajstić information content (AvgIpc) is 2.41. The van der Waals surface area contributed by atoms with Gasteiger partial charge in [0.1, 0.15) is 0 Å². The summed E-state index contributed by atoms with van der Waals surface area (Å²) in [4.78, 5) is 12.3. The van der Waals surface area contributed by atoms with Crippen molar-refractivity contribution in [1.82, 2.24) is 5.32 Å². The molecule has 0 spiro atoms. The molecule has 104 valence electrons. The van der Waals surface area contributed by atoms with Gasteiger partial charge in [-0.2, -0.15) is 0 Å². The molecule has 1 amide bonds. The lowest BCUT2D eigenvalue weighted by Gasteiger charge is -2.28. The van der Waals surface area contributed by atoms with Gasteiger partial charge in [-0.25, -0.2) is 0 Å². The Morgan fingerprint density at radius 3 is 2.84 bits per heavy atom. The maximum Gasteiger partial charge on any atom is 0.252 e. The number of hydrogen-bond acceptors (Lipinski definition) is 1. The topological polar surface area (TPSA) is 29.1 Å². The van der Waals surface area contributed by atoms with Gasteiger partial charge in [-0.1, -0.05) is 38.3 Å². The van der Waals surface area contributed by atoms with Crippen LogP contribution in [0.5, 0.6) is 0 Å². The molecule has 1 N–H and O–H groups in total. The fraction of sp³-hybridized carbons (Fsp3) is 0.500. The molecular formula is C14H16Br3NO. The molecule has 0 heterocycles. The molecule has 1 saturated carbocycles. The summed E-state index contributed by atoms with van der Waals surface area (Å²) in [7, 11) is 0. The van der Waals surface area contributed by atoms with Crippen LogP contribution in [-0.2, 0) is 0 Å². The normalized spacial score (nSPS) is 23.1. The van der Waals surface area contributed by atoms with Gasteiger partial charge in [-0.3, -0.25) is 4.79 Å². The molecule has 2 rings (SSSR count). The third-order valence-corrected chi connectivity index (χ3v) is 5.61. The number of carbonyl (C=O) groups is 1. The SMILES string of the molecule is O=C(NC1CCCC(CBr)C1)c1cc(Br)ccc1Br. The van der Waals surface area contributed by atoms with E-state index in [4.69, 9.17) is 0 Å². The first-order valence-corrected chi connectivity index (χ1v) is 9.12. The van der Waals surface area contributed by atoms with Gasteiger partial charge in [-0.15, -0.1) is 0 Å². The van der Waals surface area contributed by atoms with Crippen LogP contribution in [0, 0.1) is 5.92 Å². The molecule has 2 nitrogen and oxygen atoms in total. The third kappa shape index (κ3) is 4.30. The van der Waals surface area contributed by atoms with Crippen molar-refractivity contribution in [2.75, 3.05) is 5.33 Å². The van der Waals surface area contributed by atoms with Gasteiger partial charge >= 0.3 is 0 Å². The van der Waals surface area contributed by atoms with Gasteiger partial charge in [0.2, 0.25) is 0 Å². The Balaban J connectivity index is 2.02. The van der Waals surface area contributed by atoms with Gasteiger partial charge in [-0.05, 0) is 59.3 Å². The summed E-state index contributed by atoms with van der Waals surface area (Å²) in [6, 6.07) is 5.96. The fourth-order valence-electron chi connectivity index (χ4n) is 2.50. The van der Waals surface area contributed by atoms with Crippen molar-refractivity contribution < 1.29 is 4.79 Å². The Kier molecular flexibility index (Phi) is 5.90. The van der Waals surface area contributed by atoms with E-state index in [2.05, 4.69) is 53.1 Å². The van der Waals surface area contributed by atoms with E-state index >= 15 is 0 Å². The molecule has 0 radical (unpaired) electrons. The minimum atomic E-state index is 0.00778. The number of benzene rings is 1. The molecule has 5 heteroatoms. The van der Waals surface area contributed by atoms with E-state index in [-0.39, 0.29) is 5.91 Å². The van der Waals surface area contributed by atoms with Crippen molar-refractivity contribution in [3.63, 3.8) is 0 Å². The Morgan fingerprint density at radius 1 is 1.32 bits per heavy atom. The van der Waals surface area contributed by atoms with Crippen molar-refractivity contribution in [2.24, 2.45) is 5.92 Å².